The van der Waals surface area contributed by atoms with Gasteiger partial charge in [-0.15, -0.1) is 11.8 Å². The van der Waals surface area contributed by atoms with Crippen molar-refractivity contribution in [1.82, 2.24) is 4.90 Å². The standard InChI is InChI=1S/C17H21NO3S2/c1-17(2,3)12-8-11(4-5-13(12)19)9-14-16(22)18(6-7-23-14)10-15(20)21/h4-5,8-9,19H,6-7,10H2,1-3H3,(H,20,21)/b14-9-. The molecule has 0 unspecified atom stereocenters. The third kappa shape index (κ3) is 4.48. The summed E-state index contributed by atoms with van der Waals surface area (Å²) in [6.45, 7) is 6.73. The summed E-state index contributed by atoms with van der Waals surface area (Å²) >= 11 is 7.06. The highest BCUT2D eigenvalue weighted by molar-refractivity contribution is 8.05. The van der Waals surface area contributed by atoms with Crippen LogP contribution in [0.25, 0.3) is 6.08 Å². The molecule has 23 heavy (non-hydrogen) atoms. The number of thioether (sulfide) groups is 1. The molecule has 1 heterocycles. The average Bonchev–Trinajstić information content (AvgIpc) is 2.43. The molecule has 1 fully saturated rings. The van der Waals surface area contributed by atoms with Crippen molar-refractivity contribution in [2.75, 3.05) is 18.8 Å². The Bertz CT molecular complexity index is 662. The van der Waals surface area contributed by atoms with E-state index in [2.05, 4.69) is 0 Å². The second kappa shape index (κ2) is 6.93. The molecule has 0 aromatic heterocycles. The van der Waals surface area contributed by atoms with Crippen molar-refractivity contribution in [2.45, 2.75) is 26.2 Å². The molecule has 1 aromatic rings. The third-order valence-corrected chi connectivity index (χ3v) is 5.19. The predicted octanol–water partition coefficient (Wildman–Crippen LogP) is 3.49. The Labute approximate surface area is 146 Å². The van der Waals surface area contributed by atoms with Crippen LogP contribution in [0, 0.1) is 0 Å². The second-order valence-electron chi connectivity index (χ2n) is 6.50. The first kappa shape index (κ1) is 17.8. The number of carboxylic acid groups (broad SMARTS) is 1. The minimum Gasteiger partial charge on any atom is -0.508 e. The van der Waals surface area contributed by atoms with Gasteiger partial charge >= 0.3 is 5.97 Å². The van der Waals surface area contributed by atoms with Crippen LogP contribution in [0.4, 0.5) is 0 Å². The minimum atomic E-state index is -0.877. The number of nitrogens with zero attached hydrogens (tertiary/aromatic N) is 1. The van der Waals surface area contributed by atoms with Gasteiger partial charge < -0.3 is 15.1 Å². The van der Waals surface area contributed by atoms with E-state index in [0.29, 0.717) is 11.5 Å². The van der Waals surface area contributed by atoms with E-state index in [9.17, 15) is 9.90 Å². The van der Waals surface area contributed by atoms with Crippen molar-refractivity contribution in [3.05, 3.63) is 34.2 Å². The predicted molar refractivity (Wildman–Crippen MR) is 99.0 cm³/mol. The second-order valence-corrected chi connectivity index (χ2v) is 8.03. The molecular weight excluding hydrogens is 330 g/mol. The van der Waals surface area contributed by atoms with Crippen LogP contribution in [0.5, 0.6) is 5.75 Å². The number of phenols is 1. The minimum absolute atomic E-state index is 0.0699. The molecule has 1 aliphatic heterocycles. The summed E-state index contributed by atoms with van der Waals surface area (Å²) in [5, 5.41) is 19.0. The largest absolute Gasteiger partial charge is 0.508 e. The summed E-state index contributed by atoms with van der Waals surface area (Å²) in [5.74, 6) is 0.216. The summed E-state index contributed by atoms with van der Waals surface area (Å²) in [4.78, 5) is 14.1. The maximum absolute atomic E-state index is 10.9. The number of hydrogen-bond acceptors (Lipinski definition) is 4. The number of rotatable bonds is 3. The van der Waals surface area contributed by atoms with Gasteiger partial charge in [-0.3, -0.25) is 4.79 Å². The number of phenolic OH excluding ortho intramolecular Hbond substituents is 1. The van der Waals surface area contributed by atoms with E-state index in [1.54, 1.807) is 22.7 Å². The number of hydrogen-bond donors (Lipinski definition) is 2. The monoisotopic (exact) mass is 351 g/mol. The van der Waals surface area contributed by atoms with Crippen molar-refractivity contribution in [3.63, 3.8) is 0 Å². The highest BCUT2D eigenvalue weighted by Crippen LogP contribution is 2.33. The fourth-order valence-electron chi connectivity index (χ4n) is 2.40. The van der Waals surface area contributed by atoms with Crippen molar-refractivity contribution in [1.29, 1.82) is 0 Å². The molecule has 6 heteroatoms. The Morgan fingerprint density at radius 2 is 2.13 bits per heavy atom. The van der Waals surface area contributed by atoms with Gasteiger partial charge in [-0.05, 0) is 34.8 Å². The Kier molecular flexibility index (Phi) is 5.37. The van der Waals surface area contributed by atoms with E-state index in [1.165, 1.54) is 0 Å². The summed E-state index contributed by atoms with van der Waals surface area (Å²) in [6, 6.07) is 5.50. The molecule has 1 aromatic carbocycles. The molecular formula is C17H21NO3S2. The lowest BCUT2D eigenvalue weighted by atomic mass is 9.85. The topological polar surface area (TPSA) is 60.8 Å². The highest BCUT2D eigenvalue weighted by atomic mass is 32.2. The smallest absolute Gasteiger partial charge is 0.323 e. The molecule has 0 spiro atoms. The third-order valence-electron chi connectivity index (χ3n) is 3.57. The van der Waals surface area contributed by atoms with Gasteiger partial charge in [0.05, 0.1) is 0 Å². The van der Waals surface area contributed by atoms with Gasteiger partial charge in [0.1, 0.15) is 17.3 Å². The van der Waals surface area contributed by atoms with E-state index in [-0.39, 0.29) is 17.7 Å². The first-order valence-electron chi connectivity index (χ1n) is 7.37. The lowest BCUT2D eigenvalue weighted by Gasteiger charge is -2.29. The van der Waals surface area contributed by atoms with E-state index < -0.39 is 5.97 Å². The molecule has 0 radical (unpaired) electrons. The van der Waals surface area contributed by atoms with Crippen LogP contribution in [-0.2, 0) is 10.2 Å². The van der Waals surface area contributed by atoms with Gasteiger partial charge in [-0.2, -0.15) is 0 Å². The van der Waals surface area contributed by atoms with E-state index in [4.69, 9.17) is 17.3 Å². The molecule has 4 nitrogen and oxygen atoms in total. The lowest BCUT2D eigenvalue weighted by molar-refractivity contribution is -0.137. The maximum Gasteiger partial charge on any atom is 0.323 e. The Morgan fingerprint density at radius 1 is 1.43 bits per heavy atom. The molecule has 0 bridgehead atoms. The average molecular weight is 351 g/mol. The normalized spacial score (nSPS) is 17.6. The van der Waals surface area contributed by atoms with Crippen LogP contribution in [-0.4, -0.2) is 44.9 Å². The summed E-state index contributed by atoms with van der Waals surface area (Å²) in [6.07, 6.45) is 1.97. The summed E-state index contributed by atoms with van der Waals surface area (Å²) in [7, 11) is 0. The Morgan fingerprint density at radius 3 is 2.74 bits per heavy atom. The van der Waals surface area contributed by atoms with Gasteiger partial charge in [0.15, 0.2) is 0 Å². The fourth-order valence-corrected chi connectivity index (χ4v) is 3.79. The van der Waals surface area contributed by atoms with Crippen molar-refractivity contribution >= 4 is 41.0 Å². The van der Waals surface area contributed by atoms with Crippen molar-refractivity contribution in [3.8, 4) is 5.75 Å². The summed E-state index contributed by atoms with van der Waals surface area (Å²) in [5.41, 5.74) is 1.67. The lowest BCUT2D eigenvalue weighted by Crippen LogP contribution is -2.39. The zero-order valence-corrected chi connectivity index (χ0v) is 15.1. The van der Waals surface area contributed by atoms with Crippen LogP contribution < -0.4 is 0 Å². The van der Waals surface area contributed by atoms with E-state index in [0.717, 1.165) is 21.8 Å². The van der Waals surface area contributed by atoms with E-state index >= 15 is 0 Å². The van der Waals surface area contributed by atoms with E-state index in [1.807, 2.05) is 39.0 Å². The summed E-state index contributed by atoms with van der Waals surface area (Å²) < 4.78 is 0. The van der Waals surface area contributed by atoms with Gasteiger partial charge in [0.25, 0.3) is 0 Å². The molecule has 2 rings (SSSR count). The first-order valence-corrected chi connectivity index (χ1v) is 8.77. The van der Waals surface area contributed by atoms with Crippen LogP contribution in [0.1, 0.15) is 31.9 Å². The Balaban J connectivity index is 2.30. The molecule has 1 aliphatic rings. The zero-order chi connectivity index (χ0) is 17.2. The van der Waals surface area contributed by atoms with Crippen molar-refractivity contribution < 1.29 is 15.0 Å². The molecule has 0 saturated carbocycles. The van der Waals surface area contributed by atoms with Crippen LogP contribution in [0.15, 0.2) is 23.1 Å². The maximum atomic E-state index is 10.9. The van der Waals surface area contributed by atoms with Gasteiger partial charge in [-0.1, -0.05) is 39.1 Å². The quantitative estimate of drug-likeness (QED) is 0.642. The van der Waals surface area contributed by atoms with Gasteiger partial charge in [0.2, 0.25) is 0 Å². The molecule has 0 aliphatic carbocycles. The number of aliphatic carboxylic acids is 1. The zero-order valence-electron chi connectivity index (χ0n) is 13.5. The highest BCUT2D eigenvalue weighted by Gasteiger charge is 2.23. The van der Waals surface area contributed by atoms with Crippen LogP contribution in [0.3, 0.4) is 0 Å². The molecule has 0 atom stereocenters. The number of carbonyl (C=O) groups is 1. The van der Waals surface area contributed by atoms with Gasteiger partial charge in [-0.25, -0.2) is 0 Å². The van der Waals surface area contributed by atoms with Gasteiger partial charge in [0, 0.05) is 17.2 Å². The molecule has 1 saturated heterocycles. The fraction of sp³-hybridized carbons (Fsp3) is 0.412. The van der Waals surface area contributed by atoms with Crippen LogP contribution >= 0.6 is 24.0 Å². The number of thiocarbonyl (C=S) groups is 1. The van der Waals surface area contributed by atoms with Crippen molar-refractivity contribution in [2.24, 2.45) is 0 Å². The number of benzene rings is 1. The molecule has 0 amide bonds. The first-order chi connectivity index (χ1) is 10.7. The number of aromatic hydroxyl groups is 1. The molecule has 124 valence electrons. The SMILES string of the molecule is CC(C)(C)c1cc(/C=C2\SCCN(CC(=O)O)C2=S)ccc1O. The number of carboxylic acids is 1. The molecule has 2 N–H and O–H groups in total. The van der Waals surface area contributed by atoms with Crippen LogP contribution in [0.2, 0.25) is 0 Å². The Hall–Kier alpha value is -1.53.